The highest BCUT2D eigenvalue weighted by Crippen LogP contribution is 2.30. The van der Waals surface area contributed by atoms with Gasteiger partial charge in [0.25, 0.3) is 11.8 Å². The molecule has 0 bridgehead atoms. The van der Waals surface area contributed by atoms with E-state index in [1.165, 1.54) is 0 Å². The molecule has 3 aromatic rings. The third kappa shape index (κ3) is 7.42. The Kier molecular flexibility index (Phi) is 9.74. The molecule has 2 saturated heterocycles. The van der Waals surface area contributed by atoms with Crippen LogP contribution in [0.3, 0.4) is 0 Å². The monoisotopic (exact) mass is 672 g/mol. The maximum atomic E-state index is 13.1. The second kappa shape index (κ2) is 13.6. The van der Waals surface area contributed by atoms with Crippen molar-refractivity contribution in [3.63, 3.8) is 0 Å². The summed E-state index contributed by atoms with van der Waals surface area (Å²) in [7, 11) is 0. The van der Waals surface area contributed by atoms with E-state index in [2.05, 4.69) is 42.5 Å². The molecule has 0 spiro atoms. The van der Waals surface area contributed by atoms with E-state index in [9.17, 15) is 9.59 Å². The molecule has 3 aromatic carbocycles. The number of rotatable bonds is 10. The Morgan fingerprint density at radius 3 is 1.55 bits per heavy atom. The van der Waals surface area contributed by atoms with E-state index in [0.717, 1.165) is 38.9 Å². The van der Waals surface area contributed by atoms with Gasteiger partial charge in [0.05, 0.1) is 32.5 Å². The molecule has 0 saturated carbocycles. The van der Waals surface area contributed by atoms with Crippen LogP contribution in [0, 0.1) is 0 Å². The summed E-state index contributed by atoms with van der Waals surface area (Å²) >= 11 is 7.00. The Hall–Kier alpha value is -2.92. The first-order valence-electron chi connectivity index (χ1n) is 13.3. The summed E-state index contributed by atoms with van der Waals surface area (Å²) in [4.78, 5) is 26.1. The number of benzene rings is 3. The van der Waals surface area contributed by atoms with Gasteiger partial charge in [0, 0.05) is 24.3 Å². The Labute approximate surface area is 250 Å². The summed E-state index contributed by atoms with van der Waals surface area (Å²) in [5, 5.41) is 5.79. The first-order chi connectivity index (χ1) is 19.5. The van der Waals surface area contributed by atoms with Crippen LogP contribution in [0.25, 0.3) is 0 Å². The second-order valence-electron chi connectivity index (χ2n) is 9.64. The average molecular weight is 674 g/mol. The van der Waals surface area contributed by atoms with Crippen LogP contribution in [0.1, 0.15) is 46.4 Å². The van der Waals surface area contributed by atoms with Gasteiger partial charge in [0.2, 0.25) is 0 Å². The lowest BCUT2D eigenvalue weighted by Gasteiger charge is -2.15. The number of hydrogen-bond donors (Lipinski definition) is 2. The lowest BCUT2D eigenvalue weighted by Crippen LogP contribution is -2.18. The molecule has 210 valence electrons. The van der Waals surface area contributed by atoms with Gasteiger partial charge in [-0.15, -0.1) is 0 Å². The minimum Gasteiger partial charge on any atom is -0.490 e. The molecule has 2 aliphatic rings. The molecule has 2 N–H and O–H groups in total. The van der Waals surface area contributed by atoms with Crippen LogP contribution >= 0.6 is 31.9 Å². The predicted octanol–water partition coefficient (Wildman–Crippen LogP) is 6.83. The molecule has 40 heavy (non-hydrogen) atoms. The van der Waals surface area contributed by atoms with E-state index in [-0.39, 0.29) is 24.0 Å². The molecule has 10 heteroatoms. The molecule has 2 heterocycles. The van der Waals surface area contributed by atoms with Crippen LogP contribution < -0.4 is 20.1 Å². The van der Waals surface area contributed by atoms with Gasteiger partial charge in [-0.3, -0.25) is 9.59 Å². The van der Waals surface area contributed by atoms with Gasteiger partial charge in [0.1, 0.15) is 24.7 Å². The first-order valence-corrected chi connectivity index (χ1v) is 14.8. The van der Waals surface area contributed by atoms with Crippen molar-refractivity contribution in [3.8, 4) is 11.5 Å². The lowest BCUT2D eigenvalue weighted by atomic mass is 10.1. The maximum absolute atomic E-state index is 13.1. The van der Waals surface area contributed by atoms with E-state index in [0.29, 0.717) is 56.2 Å². The summed E-state index contributed by atoms with van der Waals surface area (Å²) in [6.45, 7) is 2.48. The molecule has 0 aliphatic carbocycles. The molecular weight excluding hydrogens is 644 g/mol. The molecule has 2 unspecified atom stereocenters. The van der Waals surface area contributed by atoms with Crippen LogP contribution in [0.4, 0.5) is 11.4 Å². The quantitative estimate of drug-likeness (QED) is 0.245. The van der Waals surface area contributed by atoms with Gasteiger partial charge in [-0.2, -0.15) is 0 Å². The Morgan fingerprint density at radius 1 is 0.725 bits per heavy atom. The highest BCUT2D eigenvalue weighted by molar-refractivity contribution is 9.10. The number of carbonyl (C=O) groups is 2. The second-order valence-corrected chi connectivity index (χ2v) is 11.3. The third-order valence-electron chi connectivity index (χ3n) is 6.71. The number of nitrogens with one attached hydrogen (secondary N) is 2. The van der Waals surface area contributed by atoms with Gasteiger partial charge >= 0.3 is 0 Å². The molecule has 2 fully saturated rings. The van der Waals surface area contributed by atoms with Crippen molar-refractivity contribution >= 4 is 55.0 Å². The summed E-state index contributed by atoms with van der Waals surface area (Å²) in [6, 6.07) is 17.4. The maximum Gasteiger partial charge on any atom is 0.255 e. The number of hydrogen-bond acceptors (Lipinski definition) is 6. The van der Waals surface area contributed by atoms with E-state index in [1.54, 1.807) is 60.7 Å². The molecule has 2 amide bonds. The van der Waals surface area contributed by atoms with E-state index < -0.39 is 0 Å². The molecule has 2 atom stereocenters. The summed E-state index contributed by atoms with van der Waals surface area (Å²) in [5.41, 5.74) is 1.84. The summed E-state index contributed by atoms with van der Waals surface area (Å²) in [6.07, 6.45) is 4.27. The molecule has 0 radical (unpaired) electrons. The number of halogens is 2. The highest BCUT2D eigenvalue weighted by Gasteiger charge is 2.19. The number of ether oxygens (including phenoxy) is 4. The molecule has 0 aromatic heterocycles. The molecule has 2 aliphatic heterocycles. The smallest absolute Gasteiger partial charge is 0.255 e. The Balaban J connectivity index is 1.20. The number of carbonyl (C=O) groups excluding carboxylic acids is 2. The van der Waals surface area contributed by atoms with Crippen molar-refractivity contribution in [1.82, 2.24) is 0 Å². The van der Waals surface area contributed by atoms with Crippen LogP contribution in [0.2, 0.25) is 0 Å². The van der Waals surface area contributed by atoms with Crippen molar-refractivity contribution in [2.75, 3.05) is 37.1 Å². The van der Waals surface area contributed by atoms with Gasteiger partial charge in [0.15, 0.2) is 0 Å². The summed E-state index contributed by atoms with van der Waals surface area (Å²) in [5.74, 6) is 0.662. The molecular formula is C30H30Br2N2O6. The van der Waals surface area contributed by atoms with Crippen LogP contribution in [0.5, 0.6) is 11.5 Å². The number of amides is 2. The van der Waals surface area contributed by atoms with Crippen molar-refractivity contribution < 1.29 is 28.5 Å². The van der Waals surface area contributed by atoms with Crippen molar-refractivity contribution in [3.05, 3.63) is 80.7 Å². The van der Waals surface area contributed by atoms with Crippen molar-refractivity contribution in [1.29, 1.82) is 0 Å². The van der Waals surface area contributed by atoms with E-state index in [4.69, 9.17) is 18.9 Å². The van der Waals surface area contributed by atoms with Crippen LogP contribution in [0.15, 0.2) is 69.6 Å². The fourth-order valence-corrected chi connectivity index (χ4v) is 5.51. The first kappa shape index (κ1) is 28.6. The minimum absolute atomic E-state index is 0.102. The molecule has 8 nitrogen and oxygen atoms in total. The van der Waals surface area contributed by atoms with Crippen LogP contribution in [-0.2, 0) is 9.47 Å². The van der Waals surface area contributed by atoms with Gasteiger partial charge in [-0.25, -0.2) is 0 Å². The fraction of sp³-hybridized carbons (Fsp3) is 0.333. The van der Waals surface area contributed by atoms with Crippen LogP contribution in [-0.4, -0.2) is 50.4 Å². The summed E-state index contributed by atoms with van der Waals surface area (Å²) < 4.78 is 24.3. The van der Waals surface area contributed by atoms with Crippen molar-refractivity contribution in [2.24, 2.45) is 0 Å². The standard InChI is InChI=1S/C30H30Br2N2O6/c31-23-15-19(9-11-27(23)39-17-21-5-3-13-37-21)29(35)33-25-7-1-2-8-26(25)34-30(36)20-10-12-28(24(32)16-20)40-18-22-6-4-14-38-22/h1-2,7-12,15-16,21-22H,3-6,13-14,17-18H2,(H,33,35)(H,34,36). The Morgan fingerprint density at radius 2 is 1.18 bits per heavy atom. The zero-order valence-corrected chi connectivity index (χ0v) is 25.0. The average Bonchev–Trinajstić information content (AvgIpc) is 3.67. The van der Waals surface area contributed by atoms with E-state index >= 15 is 0 Å². The Bertz CT molecular complexity index is 1250. The highest BCUT2D eigenvalue weighted by atomic mass is 79.9. The SMILES string of the molecule is O=C(Nc1ccccc1NC(=O)c1ccc(OCC2CCCO2)c(Br)c1)c1ccc(OCC2CCCO2)c(Br)c1. The van der Waals surface area contributed by atoms with Gasteiger partial charge < -0.3 is 29.6 Å². The van der Waals surface area contributed by atoms with Gasteiger partial charge in [-0.1, -0.05) is 12.1 Å². The lowest BCUT2D eigenvalue weighted by molar-refractivity contribution is 0.0676. The normalized spacial score (nSPS) is 18.4. The largest absolute Gasteiger partial charge is 0.490 e. The zero-order valence-electron chi connectivity index (χ0n) is 21.8. The molecule has 5 rings (SSSR count). The minimum atomic E-state index is -0.316. The fourth-order valence-electron chi connectivity index (χ4n) is 4.53. The zero-order chi connectivity index (χ0) is 27.9. The number of anilines is 2. The third-order valence-corrected chi connectivity index (χ3v) is 7.95. The van der Waals surface area contributed by atoms with Gasteiger partial charge in [-0.05, 0) is 106 Å². The van der Waals surface area contributed by atoms with Crippen molar-refractivity contribution in [2.45, 2.75) is 37.9 Å². The van der Waals surface area contributed by atoms with E-state index in [1.807, 2.05) is 0 Å². The number of para-hydroxylation sites is 2. The topological polar surface area (TPSA) is 95.1 Å². The predicted molar refractivity (Wildman–Crippen MR) is 160 cm³/mol.